The molecule has 1 rings (SSSR count). The Morgan fingerprint density at radius 2 is 2.25 bits per heavy atom. The summed E-state index contributed by atoms with van der Waals surface area (Å²) < 4.78 is 24.0. The fourth-order valence-corrected chi connectivity index (χ4v) is 2.94. The smallest absolute Gasteiger partial charge is 0.211 e. The van der Waals surface area contributed by atoms with Crippen LogP contribution in [0.4, 0.5) is 0 Å². The lowest BCUT2D eigenvalue weighted by Crippen LogP contribution is -2.35. The molecule has 0 bridgehead atoms. The molecule has 0 amide bonds. The predicted octanol–water partition coefficient (Wildman–Crippen LogP) is -0.241. The lowest BCUT2D eigenvalue weighted by atomic mass is 10.2. The molecule has 0 aromatic carbocycles. The van der Waals surface area contributed by atoms with E-state index in [4.69, 9.17) is 5.73 Å². The monoisotopic (exact) mass is 192 g/mol. The number of nitrogens with two attached hydrogens (primary N) is 1. The van der Waals surface area contributed by atoms with E-state index in [2.05, 4.69) is 0 Å². The second-order valence-corrected chi connectivity index (χ2v) is 5.18. The van der Waals surface area contributed by atoms with Crippen molar-refractivity contribution in [3.63, 3.8) is 0 Å². The number of hydrogen-bond acceptors (Lipinski definition) is 3. The maximum absolute atomic E-state index is 11.2. The second kappa shape index (κ2) is 3.72. The Balaban J connectivity index is 2.64. The molecule has 0 aromatic heterocycles. The van der Waals surface area contributed by atoms with Crippen LogP contribution in [0, 0.1) is 0 Å². The lowest BCUT2D eigenvalue weighted by Gasteiger charge is -2.21. The molecule has 0 aromatic rings. The molecule has 0 spiro atoms. The fourth-order valence-electron chi connectivity index (χ4n) is 1.73. The normalized spacial score (nSPS) is 26.3. The molecule has 1 fully saturated rings. The Hall–Kier alpha value is -0.130. The van der Waals surface area contributed by atoms with Crippen LogP contribution in [0.25, 0.3) is 0 Å². The van der Waals surface area contributed by atoms with Crippen LogP contribution < -0.4 is 5.73 Å². The maximum atomic E-state index is 11.2. The minimum Gasteiger partial charge on any atom is -0.330 e. The van der Waals surface area contributed by atoms with Gasteiger partial charge in [-0.3, -0.25) is 0 Å². The summed E-state index contributed by atoms with van der Waals surface area (Å²) >= 11 is 0. The molecule has 0 aliphatic carbocycles. The minimum absolute atomic E-state index is 0.157. The Bertz CT molecular complexity index is 238. The van der Waals surface area contributed by atoms with E-state index in [1.165, 1.54) is 6.26 Å². The summed E-state index contributed by atoms with van der Waals surface area (Å²) in [5, 5.41) is 0. The quantitative estimate of drug-likeness (QED) is 0.671. The zero-order chi connectivity index (χ0) is 9.19. The van der Waals surface area contributed by atoms with Crippen molar-refractivity contribution < 1.29 is 8.42 Å². The van der Waals surface area contributed by atoms with Gasteiger partial charge in [0, 0.05) is 12.6 Å². The molecule has 5 heteroatoms. The summed E-state index contributed by atoms with van der Waals surface area (Å²) in [4.78, 5) is 0. The molecule has 72 valence electrons. The Labute approximate surface area is 73.8 Å². The van der Waals surface area contributed by atoms with Crippen molar-refractivity contribution in [2.24, 2.45) is 5.73 Å². The molecule has 2 N–H and O–H groups in total. The highest BCUT2D eigenvalue weighted by molar-refractivity contribution is 7.88. The molecular formula is C7H16N2O2S. The third kappa shape index (κ3) is 2.18. The highest BCUT2D eigenvalue weighted by Crippen LogP contribution is 2.21. The lowest BCUT2D eigenvalue weighted by molar-refractivity contribution is 0.377. The average molecular weight is 192 g/mol. The van der Waals surface area contributed by atoms with Gasteiger partial charge < -0.3 is 5.73 Å². The highest BCUT2D eigenvalue weighted by Gasteiger charge is 2.30. The van der Waals surface area contributed by atoms with Crippen molar-refractivity contribution in [3.8, 4) is 0 Å². The third-order valence-corrected chi connectivity index (χ3v) is 3.58. The fraction of sp³-hybridized carbons (Fsp3) is 1.00. The second-order valence-electron chi connectivity index (χ2n) is 3.25. The van der Waals surface area contributed by atoms with E-state index in [1.807, 2.05) is 0 Å². The van der Waals surface area contributed by atoms with Crippen LogP contribution in [-0.4, -0.2) is 38.1 Å². The van der Waals surface area contributed by atoms with Crippen molar-refractivity contribution in [1.82, 2.24) is 4.31 Å². The van der Waals surface area contributed by atoms with Crippen LogP contribution in [0.3, 0.4) is 0 Å². The summed E-state index contributed by atoms with van der Waals surface area (Å²) in [6, 6.07) is 0.157. The standard InChI is InChI=1S/C7H16N2O2S/c1-12(10,11)9-6-2-3-7(9)4-5-8/h7H,2-6,8H2,1H3/t7-/m0/s1. The largest absolute Gasteiger partial charge is 0.330 e. The van der Waals surface area contributed by atoms with Gasteiger partial charge in [0.25, 0.3) is 0 Å². The van der Waals surface area contributed by atoms with Crippen molar-refractivity contribution in [2.75, 3.05) is 19.3 Å². The van der Waals surface area contributed by atoms with Gasteiger partial charge in [-0.2, -0.15) is 4.31 Å². The van der Waals surface area contributed by atoms with Gasteiger partial charge in [-0.25, -0.2) is 8.42 Å². The maximum Gasteiger partial charge on any atom is 0.211 e. The van der Waals surface area contributed by atoms with Crippen LogP contribution in [0.2, 0.25) is 0 Å². The van der Waals surface area contributed by atoms with E-state index < -0.39 is 10.0 Å². The predicted molar refractivity (Wildman–Crippen MR) is 48.2 cm³/mol. The molecule has 1 atom stereocenters. The summed E-state index contributed by atoms with van der Waals surface area (Å²) in [6.07, 6.45) is 3.98. The van der Waals surface area contributed by atoms with Crippen LogP contribution in [0.15, 0.2) is 0 Å². The van der Waals surface area contributed by atoms with E-state index in [1.54, 1.807) is 4.31 Å². The Morgan fingerprint density at radius 1 is 1.58 bits per heavy atom. The van der Waals surface area contributed by atoms with Gasteiger partial charge in [0.15, 0.2) is 0 Å². The number of sulfonamides is 1. The summed E-state index contributed by atoms with van der Waals surface area (Å²) in [5.41, 5.74) is 5.39. The summed E-state index contributed by atoms with van der Waals surface area (Å²) in [5.74, 6) is 0. The molecule has 1 saturated heterocycles. The summed E-state index contributed by atoms with van der Waals surface area (Å²) in [6.45, 7) is 1.24. The summed E-state index contributed by atoms with van der Waals surface area (Å²) in [7, 11) is -3.00. The topological polar surface area (TPSA) is 63.4 Å². The average Bonchev–Trinajstić information content (AvgIpc) is 2.34. The first kappa shape index (κ1) is 9.95. The first-order chi connectivity index (χ1) is 5.55. The van der Waals surface area contributed by atoms with E-state index in [0.717, 1.165) is 19.3 Å². The molecule has 1 heterocycles. The first-order valence-electron chi connectivity index (χ1n) is 4.22. The first-order valence-corrected chi connectivity index (χ1v) is 6.07. The van der Waals surface area contributed by atoms with Gasteiger partial charge in [0.1, 0.15) is 0 Å². The molecule has 1 aliphatic rings. The molecule has 0 radical (unpaired) electrons. The van der Waals surface area contributed by atoms with E-state index in [9.17, 15) is 8.42 Å². The van der Waals surface area contributed by atoms with Crippen LogP contribution in [0.1, 0.15) is 19.3 Å². The van der Waals surface area contributed by atoms with Gasteiger partial charge in [0.2, 0.25) is 10.0 Å². The molecule has 4 nitrogen and oxygen atoms in total. The van der Waals surface area contributed by atoms with Crippen LogP contribution in [-0.2, 0) is 10.0 Å². The van der Waals surface area contributed by atoms with Gasteiger partial charge in [-0.05, 0) is 25.8 Å². The SMILES string of the molecule is CS(=O)(=O)N1CCC[C@H]1CCN. The van der Waals surface area contributed by atoms with Crippen LogP contribution in [0.5, 0.6) is 0 Å². The zero-order valence-corrected chi connectivity index (χ0v) is 8.18. The van der Waals surface area contributed by atoms with Gasteiger partial charge in [-0.1, -0.05) is 0 Å². The zero-order valence-electron chi connectivity index (χ0n) is 7.36. The third-order valence-electron chi connectivity index (χ3n) is 2.25. The minimum atomic E-state index is -3.00. The number of nitrogens with zero attached hydrogens (tertiary/aromatic N) is 1. The van der Waals surface area contributed by atoms with E-state index >= 15 is 0 Å². The van der Waals surface area contributed by atoms with Crippen LogP contribution >= 0.6 is 0 Å². The molecule has 1 aliphatic heterocycles. The molecule has 0 saturated carbocycles. The van der Waals surface area contributed by atoms with Crippen molar-refractivity contribution in [1.29, 1.82) is 0 Å². The van der Waals surface area contributed by atoms with Crippen molar-refractivity contribution >= 4 is 10.0 Å². The van der Waals surface area contributed by atoms with E-state index in [0.29, 0.717) is 13.1 Å². The van der Waals surface area contributed by atoms with E-state index in [-0.39, 0.29) is 6.04 Å². The van der Waals surface area contributed by atoms with Gasteiger partial charge in [0.05, 0.1) is 6.26 Å². The number of hydrogen-bond donors (Lipinski definition) is 1. The number of rotatable bonds is 3. The Morgan fingerprint density at radius 3 is 2.75 bits per heavy atom. The Kier molecular flexibility index (Phi) is 3.09. The molecular weight excluding hydrogens is 176 g/mol. The highest BCUT2D eigenvalue weighted by atomic mass is 32.2. The van der Waals surface area contributed by atoms with Crippen molar-refractivity contribution in [2.45, 2.75) is 25.3 Å². The van der Waals surface area contributed by atoms with Gasteiger partial charge >= 0.3 is 0 Å². The van der Waals surface area contributed by atoms with Gasteiger partial charge in [-0.15, -0.1) is 0 Å². The molecule has 12 heavy (non-hydrogen) atoms. The molecule has 0 unspecified atom stereocenters. The van der Waals surface area contributed by atoms with Crippen molar-refractivity contribution in [3.05, 3.63) is 0 Å².